The molecule has 2 saturated heterocycles. The molecular weight excluding hydrogens is 326 g/mol. The van der Waals surface area contributed by atoms with E-state index in [2.05, 4.69) is 15.4 Å². The van der Waals surface area contributed by atoms with Gasteiger partial charge in [-0.05, 0) is 25.5 Å². The van der Waals surface area contributed by atoms with Crippen LogP contribution in [0, 0.1) is 0 Å². The van der Waals surface area contributed by atoms with Gasteiger partial charge in [-0.1, -0.05) is 12.1 Å². The summed E-state index contributed by atoms with van der Waals surface area (Å²) in [5.74, 6) is 0.529. The summed E-state index contributed by atoms with van der Waals surface area (Å²) in [5.41, 5.74) is 1.39. The van der Waals surface area contributed by atoms with Gasteiger partial charge in [-0.15, -0.1) is 11.8 Å². The van der Waals surface area contributed by atoms with Crippen LogP contribution < -0.4 is 5.32 Å². The highest BCUT2D eigenvalue weighted by atomic mass is 32.2. The fourth-order valence-corrected chi connectivity index (χ4v) is 4.77. The van der Waals surface area contributed by atoms with Gasteiger partial charge in [0.15, 0.2) is 0 Å². The van der Waals surface area contributed by atoms with Crippen LogP contribution in [0.3, 0.4) is 0 Å². The van der Waals surface area contributed by atoms with Gasteiger partial charge < -0.3 is 10.2 Å². The fraction of sp³-hybridized carbons (Fsp3) is 0.375. The number of carbonyl (C=O) groups excluding carboxylic acids is 2. The zero-order chi connectivity index (χ0) is 16.7. The monoisotopic (exact) mass is 343 g/mol. The molecule has 1 aromatic carbocycles. The van der Waals surface area contributed by atoms with E-state index in [-0.39, 0.29) is 16.7 Å². The van der Waals surface area contributed by atoms with E-state index < -0.39 is 6.04 Å². The Balaban J connectivity index is 1.59. The lowest BCUT2D eigenvalue weighted by molar-refractivity contribution is -0.135. The average molecular weight is 343 g/mol. The van der Waals surface area contributed by atoms with Crippen molar-refractivity contribution in [2.45, 2.75) is 30.7 Å². The number of hydrogen-bond donors (Lipinski definition) is 1. The van der Waals surface area contributed by atoms with E-state index in [1.54, 1.807) is 27.7 Å². The molecule has 2 fully saturated rings. The molecule has 2 atom stereocenters. The second-order valence-electron chi connectivity index (χ2n) is 6.11. The molecule has 2 unspecified atom stereocenters. The van der Waals surface area contributed by atoms with Gasteiger partial charge in [-0.3, -0.25) is 9.59 Å². The second kappa shape index (κ2) is 5.62. The summed E-state index contributed by atoms with van der Waals surface area (Å²) in [6.45, 7) is 2.04. The van der Waals surface area contributed by atoms with Gasteiger partial charge in [0, 0.05) is 12.2 Å². The molecule has 3 heterocycles. The van der Waals surface area contributed by atoms with Crippen molar-refractivity contribution in [2.24, 2.45) is 0 Å². The highest BCUT2D eigenvalue weighted by molar-refractivity contribution is 8.01. The third-order valence-electron chi connectivity index (χ3n) is 4.57. The zero-order valence-corrected chi connectivity index (χ0v) is 14.0. The van der Waals surface area contributed by atoms with Gasteiger partial charge in [-0.25, -0.2) is 9.67 Å². The number of carbonyl (C=O) groups is 2. The minimum atomic E-state index is -0.432. The Morgan fingerprint density at radius 2 is 2.25 bits per heavy atom. The van der Waals surface area contributed by atoms with E-state index in [9.17, 15) is 9.59 Å². The molecule has 1 N–H and O–H groups in total. The smallest absolute Gasteiger partial charge is 0.248 e. The highest BCUT2D eigenvalue weighted by Gasteiger charge is 2.52. The molecule has 2 aliphatic heterocycles. The maximum atomic E-state index is 12.8. The molecule has 0 aliphatic carbocycles. The fourth-order valence-electron chi connectivity index (χ4n) is 3.34. The first-order valence-electron chi connectivity index (χ1n) is 7.79. The third-order valence-corrected chi connectivity index (χ3v) is 6.08. The lowest BCUT2D eigenvalue weighted by Crippen LogP contribution is -2.48. The van der Waals surface area contributed by atoms with Crippen molar-refractivity contribution in [3.8, 4) is 5.69 Å². The third kappa shape index (κ3) is 2.37. The number of rotatable bonds is 3. The molecule has 0 bridgehead atoms. The van der Waals surface area contributed by atoms with Gasteiger partial charge in [0.2, 0.25) is 11.8 Å². The van der Waals surface area contributed by atoms with Crippen LogP contribution in [0.2, 0.25) is 0 Å². The summed E-state index contributed by atoms with van der Waals surface area (Å²) in [7, 11) is 0. The summed E-state index contributed by atoms with van der Waals surface area (Å²) in [6.07, 6.45) is 4.34. The summed E-state index contributed by atoms with van der Waals surface area (Å²) in [6, 6.07) is 6.98. The summed E-state index contributed by atoms with van der Waals surface area (Å²) < 4.78 is 1.60. The maximum absolute atomic E-state index is 12.8. The quantitative estimate of drug-likeness (QED) is 0.917. The minimum absolute atomic E-state index is 0.0622. The van der Waals surface area contributed by atoms with Crippen LogP contribution in [0.15, 0.2) is 36.9 Å². The molecule has 124 valence electrons. The normalized spacial score (nSPS) is 25.8. The molecule has 0 spiro atoms. The molecule has 2 aliphatic rings. The topological polar surface area (TPSA) is 80.1 Å². The molecular formula is C16H17N5O2S. The number of benzene rings is 1. The lowest BCUT2D eigenvalue weighted by Gasteiger charge is -2.30. The van der Waals surface area contributed by atoms with E-state index in [0.717, 1.165) is 12.1 Å². The number of nitrogens with one attached hydrogen (secondary N) is 1. The maximum Gasteiger partial charge on any atom is 0.248 e. The van der Waals surface area contributed by atoms with Crippen LogP contribution in [0.1, 0.15) is 19.8 Å². The number of hydrogen-bond acceptors (Lipinski definition) is 5. The van der Waals surface area contributed by atoms with E-state index >= 15 is 0 Å². The number of fused-ring (bicyclic) bond motifs is 1. The van der Waals surface area contributed by atoms with Crippen molar-refractivity contribution in [2.75, 3.05) is 11.1 Å². The van der Waals surface area contributed by atoms with Crippen molar-refractivity contribution < 1.29 is 9.59 Å². The molecule has 24 heavy (non-hydrogen) atoms. The van der Waals surface area contributed by atoms with E-state index in [1.165, 1.54) is 6.33 Å². The number of aromatic nitrogens is 3. The summed E-state index contributed by atoms with van der Waals surface area (Å²) >= 11 is 1.68. The molecule has 7 nitrogen and oxygen atoms in total. The van der Waals surface area contributed by atoms with E-state index in [0.29, 0.717) is 17.9 Å². The van der Waals surface area contributed by atoms with Gasteiger partial charge in [-0.2, -0.15) is 5.10 Å². The number of nitrogens with zero attached hydrogens (tertiary/aromatic N) is 4. The SMILES string of the molecule is CC12CCC(=O)N1C(C(=O)Nc1ccccc1-n1cncn1)CS2. The van der Waals surface area contributed by atoms with Crippen molar-refractivity contribution >= 4 is 29.3 Å². The predicted octanol–water partition coefficient (Wildman–Crippen LogP) is 1.66. The van der Waals surface area contributed by atoms with Gasteiger partial charge in [0.1, 0.15) is 18.7 Å². The van der Waals surface area contributed by atoms with E-state index in [1.807, 2.05) is 31.2 Å². The number of amides is 2. The Kier molecular flexibility index (Phi) is 3.56. The zero-order valence-electron chi connectivity index (χ0n) is 13.2. The molecule has 0 radical (unpaired) electrons. The highest BCUT2D eigenvalue weighted by Crippen LogP contribution is 2.47. The second-order valence-corrected chi connectivity index (χ2v) is 7.61. The first kappa shape index (κ1) is 15.2. The van der Waals surface area contributed by atoms with Crippen LogP contribution in [0.5, 0.6) is 0 Å². The predicted molar refractivity (Wildman–Crippen MR) is 90.7 cm³/mol. The van der Waals surface area contributed by atoms with Crippen molar-refractivity contribution in [1.29, 1.82) is 0 Å². The molecule has 2 amide bonds. The summed E-state index contributed by atoms with van der Waals surface area (Å²) in [5, 5.41) is 7.07. The van der Waals surface area contributed by atoms with Crippen molar-refractivity contribution in [3.05, 3.63) is 36.9 Å². The Morgan fingerprint density at radius 1 is 1.42 bits per heavy atom. The average Bonchev–Trinajstić information content (AvgIpc) is 3.26. The molecule has 0 saturated carbocycles. The van der Waals surface area contributed by atoms with Gasteiger partial charge in [0.25, 0.3) is 0 Å². The Hall–Kier alpha value is -2.35. The summed E-state index contributed by atoms with van der Waals surface area (Å²) in [4.78, 5) is 30.4. The van der Waals surface area contributed by atoms with Gasteiger partial charge in [0.05, 0.1) is 16.2 Å². The van der Waals surface area contributed by atoms with Crippen molar-refractivity contribution in [3.63, 3.8) is 0 Å². The first-order chi connectivity index (χ1) is 11.6. The van der Waals surface area contributed by atoms with E-state index in [4.69, 9.17) is 0 Å². The minimum Gasteiger partial charge on any atom is -0.322 e. The lowest BCUT2D eigenvalue weighted by atomic mass is 10.2. The van der Waals surface area contributed by atoms with Crippen LogP contribution in [0.4, 0.5) is 5.69 Å². The van der Waals surface area contributed by atoms with Crippen LogP contribution in [0.25, 0.3) is 5.69 Å². The van der Waals surface area contributed by atoms with Crippen LogP contribution in [-0.4, -0.2) is 48.1 Å². The first-order valence-corrected chi connectivity index (χ1v) is 8.78. The Labute approximate surface area is 143 Å². The largest absolute Gasteiger partial charge is 0.322 e. The van der Waals surface area contributed by atoms with Crippen molar-refractivity contribution in [1.82, 2.24) is 19.7 Å². The molecule has 4 rings (SSSR count). The molecule has 2 aromatic rings. The number of anilines is 1. The standard InChI is InChI=1S/C16H17N5O2S/c1-16-7-6-14(22)21(16)13(8-24-16)15(23)19-11-4-2-3-5-12(11)20-10-17-9-18-20/h2-5,9-10,13H,6-8H2,1H3,(H,19,23). The Morgan fingerprint density at radius 3 is 3.04 bits per heavy atom. The number of para-hydroxylation sites is 2. The molecule has 1 aromatic heterocycles. The molecule has 8 heteroatoms. The van der Waals surface area contributed by atoms with Gasteiger partial charge >= 0.3 is 0 Å². The number of thioether (sulfide) groups is 1. The van der Waals surface area contributed by atoms with Crippen LogP contribution in [-0.2, 0) is 9.59 Å². The van der Waals surface area contributed by atoms with Crippen LogP contribution >= 0.6 is 11.8 Å². The Bertz CT molecular complexity index is 794.